The van der Waals surface area contributed by atoms with Gasteiger partial charge in [-0.1, -0.05) is 36.8 Å². The second kappa shape index (κ2) is 11.4. The van der Waals surface area contributed by atoms with Crippen LogP contribution in [-0.2, 0) is 16.0 Å². The largest absolute Gasteiger partial charge is 0.496 e. The standard InChI is InChI=1S/C24H27N5O5/c1-6-18-19(8-7-9-20(18)34-5)22(31)28-29(16(4)13-26-27-23(32)21(25)30)24(33)17-11-14(2)10-15(3)12-17/h7-13H,4,6H2,1-3,5H3,(H2,25,30)(H,27,32)(H,28,31)/b26-13+. The number of ether oxygens (including phenoxy) is 1. The summed E-state index contributed by atoms with van der Waals surface area (Å²) < 4.78 is 5.34. The van der Waals surface area contributed by atoms with Crippen molar-refractivity contribution in [2.45, 2.75) is 27.2 Å². The number of hydrogen-bond acceptors (Lipinski definition) is 6. The van der Waals surface area contributed by atoms with E-state index in [0.717, 1.165) is 22.4 Å². The van der Waals surface area contributed by atoms with Gasteiger partial charge in [0.25, 0.3) is 11.8 Å². The van der Waals surface area contributed by atoms with Crippen molar-refractivity contribution in [3.63, 3.8) is 0 Å². The van der Waals surface area contributed by atoms with E-state index in [1.54, 1.807) is 30.3 Å². The number of carbonyl (C=O) groups is 4. The first-order chi connectivity index (χ1) is 16.1. The SMILES string of the molecule is C=C(/C=N/NC(=O)C(N)=O)N(NC(=O)c1cccc(OC)c1CC)C(=O)c1cc(C)cc(C)c1. The van der Waals surface area contributed by atoms with Crippen LogP contribution in [0.3, 0.4) is 0 Å². The molecule has 2 aromatic carbocycles. The van der Waals surface area contributed by atoms with Crippen molar-refractivity contribution in [2.75, 3.05) is 7.11 Å². The fraction of sp³-hybridized carbons (Fsp3) is 0.208. The highest BCUT2D eigenvalue weighted by Gasteiger charge is 2.23. The molecule has 0 aliphatic heterocycles. The van der Waals surface area contributed by atoms with E-state index in [4.69, 9.17) is 10.5 Å². The molecule has 34 heavy (non-hydrogen) atoms. The summed E-state index contributed by atoms with van der Waals surface area (Å²) in [6.07, 6.45) is 1.52. The summed E-state index contributed by atoms with van der Waals surface area (Å²) in [7, 11) is 1.50. The van der Waals surface area contributed by atoms with E-state index in [1.807, 2.05) is 32.3 Å². The van der Waals surface area contributed by atoms with Gasteiger partial charge in [0, 0.05) is 16.7 Å². The molecule has 2 rings (SSSR count). The third-order valence-corrected chi connectivity index (χ3v) is 4.73. The molecule has 0 fully saturated rings. The Kier molecular flexibility index (Phi) is 8.66. The maximum absolute atomic E-state index is 13.3. The van der Waals surface area contributed by atoms with Gasteiger partial charge in [-0.2, -0.15) is 5.10 Å². The van der Waals surface area contributed by atoms with E-state index >= 15 is 0 Å². The Bertz CT molecular complexity index is 1150. The van der Waals surface area contributed by atoms with Gasteiger partial charge in [0.2, 0.25) is 0 Å². The number of nitrogens with zero attached hydrogens (tertiary/aromatic N) is 2. The number of carbonyl (C=O) groups excluding carboxylic acids is 4. The zero-order chi connectivity index (χ0) is 25.4. The predicted octanol–water partition coefficient (Wildman–Crippen LogP) is 1.76. The molecule has 0 aromatic heterocycles. The van der Waals surface area contributed by atoms with Crippen LogP contribution >= 0.6 is 0 Å². The molecule has 10 nitrogen and oxygen atoms in total. The van der Waals surface area contributed by atoms with Gasteiger partial charge in [-0.25, -0.2) is 10.4 Å². The number of hydrogen-bond donors (Lipinski definition) is 3. The molecule has 0 aliphatic carbocycles. The van der Waals surface area contributed by atoms with E-state index in [1.165, 1.54) is 7.11 Å². The second-order valence-electron chi connectivity index (χ2n) is 7.35. The normalized spacial score (nSPS) is 10.5. The summed E-state index contributed by atoms with van der Waals surface area (Å²) in [5.74, 6) is -3.01. The number of benzene rings is 2. The van der Waals surface area contributed by atoms with Crippen molar-refractivity contribution in [2.24, 2.45) is 10.8 Å². The fourth-order valence-electron chi connectivity index (χ4n) is 3.25. The Hall–Kier alpha value is -4.47. The van der Waals surface area contributed by atoms with E-state index in [0.29, 0.717) is 28.9 Å². The maximum Gasteiger partial charge on any atom is 0.329 e. The molecule has 0 bridgehead atoms. The number of primary amides is 1. The van der Waals surface area contributed by atoms with Gasteiger partial charge >= 0.3 is 11.8 Å². The van der Waals surface area contributed by atoms with E-state index in [9.17, 15) is 19.2 Å². The minimum atomic E-state index is -1.23. The Balaban J connectivity index is 2.42. The molecule has 10 heteroatoms. The third-order valence-electron chi connectivity index (χ3n) is 4.73. The summed E-state index contributed by atoms with van der Waals surface area (Å²) in [6, 6.07) is 10.2. The summed E-state index contributed by atoms with van der Waals surface area (Å²) in [4.78, 5) is 48.7. The first-order valence-corrected chi connectivity index (χ1v) is 10.3. The van der Waals surface area contributed by atoms with Crippen LogP contribution in [0.4, 0.5) is 0 Å². The zero-order valence-corrected chi connectivity index (χ0v) is 19.5. The molecule has 0 unspecified atom stereocenters. The summed E-state index contributed by atoms with van der Waals surface area (Å²) in [5, 5.41) is 4.49. The van der Waals surface area contributed by atoms with Gasteiger partial charge in [0.05, 0.1) is 19.0 Å². The monoisotopic (exact) mass is 465 g/mol. The Morgan fingerprint density at radius 1 is 1.15 bits per heavy atom. The first kappa shape index (κ1) is 25.8. The van der Waals surface area contributed by atoms with Crippen LogP contribution in [0.15, 0.2) is 53.8 Å². The Labute approximate surface area is 197 Å². The van der Waals surface area contributed by atoms with Crippen LogP contribution in [0.1, 0.15) is 44.3 Å². The third kappa shape index (κ3) is 6.28. The number of amides is 4. The minimum Gasteiger partial charge on any atom is -0.496 e. The maximum atomic E-state index is 13.3. The highest BCUT2D eigenvalue weighted by molar-refractivity contribution is 6.34. The highest BCUT2D eigenvalue weighted by atomic mass is 16.5. The van der Waals surface area contributed by atoms with Crippen LogP contribution in [0, 0.1) is 13.8 Å². The fourth-order valence-corrected chi connectivity index (χ4v) is 3.25. The first-order valence-electron chi connectivity index (χ1n) is 10.3. The number of hydrazine groups is 1. The number of allylic oxidation sites excluding steroid dienone is 1. The number of nitrogens with two attached hydrogens (primary N) is 1. The van der Waals surface area contributed by atoms with Gasteiger partial charge in [0.1, 0.15) is 5.75 Å². The van der Waals surface area contributed by atoms with Crippen LogP contribution in [-0.4, -0.2) is 42.0 Å². The molecule has 2 aromatic rings. The number of hydrazone groups is 1. The quantitative estimate of drug-likeness (QED) is 0.324. The average molecular weight is 466 g/mol. The molecular formula is C24H27N5O5. The lowest BCUT2D eigenvalue weighted by Crippen LogP contribution is -2.46. The van der Waals surface area contributed by atoms with Crippen molar-refractivity contribution in [1.82, 2.24) is 15.9 Å². The Morgan fingerprint density at radius 3 is 2.35 bits per heavy atom. The molecule has 0 spiro atoms. The lowest BCUT2D eigenvalue weighted by Gasteiger charge is -2.24. The topological polar surface area (TPSA) is 143 Å². The van der Waals surface area contributed by atoms with Crippen molar-refractivity contribution in [3.05, 3.63) is 76.5 Å². The number of aryl methyl sites for hydroxylation is 2. The molecule has 0 atom stereocenters. The zero-order valence-electron chi connectivity index (χ0n) is 19.5. The number of rotatable bonds is 7. The molecule has 0 heterocycles. The van der Waals surface area contributed by atoms with E-state index in [2.05, 4.69) is 17.1 Å². The van der Waals surface area contributed by atoms with Crippen LogP contribution in [0.5, 0.6) is 5.75 Å². The van der Waals surface area contributed by atoms with Gasteiger partial charge in [-0.05, 0) is 44.5 Å². The highest BCUT2D eigenvalue weighted by Crippen LogP contribution is 2.23. The smallest absolute Gasteiger partial charge is 0.329 e. The van der Waals surface area contributed by atoms with Gasteiger partial charge in [-0.3, -0.25) is 24.6 Å². The summed E-state index contributed by atoms with van der Waals surface area (Å²) >= 11 is 0. The van der Waals surface area contributed by atoms with Crippen LogP contribution in [0.25, 0.3) is 0 Å². The number of nitrogens with one attached hydrogen (secondary N) is 2. The van der Waals surface area contributed by atoms with Gasteiger partial charge in [0.15, 0.2) is 0 Å². The van der Waals surface area contributed by atoms with Crippen molar-refractivity contribution < 1.29 is 23.9 Å². The van der Waals surface area contributed by atoms with Gasteiger partial charge < -0.3 is 10.5 Å². The molecule has 4 N–H and O–H groups in total. The van der Waals surface area contributed by atoms with Gasteiger partial charge in [-0.15, -0.1) is 0 Å². The molecule has 178 valence electrons. The lowest BCUT2D eigenvalue weighted by atomic mass is 10.0. The summed E-state index contributed by atoms with van der Waals surface area (Å²) in [6.45, 7) is 9.31. The van der Waals surface area contributed by atoms with Crippen LogP contribution < -0.4 is 21.3 Å². The lowest BCUT2D eigenvalue weighted by molar-refractivity contribution is -0.137. The molecule has 0 saturated heterocycles. The van der Waals surface area contributed by atoms with Crippen LogP contribution in [0.2, 0.25) is 0 Å². The predicted molar refractivity (Wildman–Crippen MR) is 127 cm³/mol. The van der Waals surface area contributed by atoms with Crippen molar-refractivity contribution in [1.29, 1.82) is 0 Å². The van der Waals surface area contributed by atoms with E-state index < -0.39 is 23.6 Å². The number of methoxy groups -OCH3 is 1. The van der Waals surface area contributed by atoms with Crippen molar-refractivity contribution in [3.8, 4) is 5.75 Å². The van der Waals surface area contributed by atoms with Crippen molar-refractivity contribution >= 4 is 29.8 Å². The summed E-state index contributed by atoms with van der Waals surface area (Å²) in [5.41, 5.74) is 12.2. The molecule has 0 radical (unpaired) electrons. The second-order valence-corrected chi connectivity index (χ2v) is 7.35. The molecular weight excluding hydrogens is 438 g/mol. The Morgan fingerprint density at radius 2 is 1.79 bits per heavy atom. The molecule has 4 amide bonds. The minimum absolute atomic E-state index is 0.0803. The average Bonchev–Trinajstić information content (AvgIpc) is 2.80. The molecule has 0 aliphatic rings. The van der Waals surface area contributed by atoms with E-state index in [-0.39, 0.29) is 5.70 Å². The molecule has 0 saturated carbocycles.